The van der Waals surface area contributed by atoms with Crippen molar-refractivity contribution in [1.29, 1.82) is 0 Å². The molecule has 1 heterocycles. The molecular weight excluding hydrogens is 232 g/mol. The molecule has 1 rings (SSSR count). The summed E-state index contributed by atoms with van der Waals surface area (Å²) in [5.74, 6) is 0. The molecule has 98 valence electrons. The Hall–Kier alpha value is -0.930. The first kappa shape index (κ1) is 14.1. The van der Waals surface area contributed by atoms with Crippen molar-refractivity contribution >= 4 is 0 Å². The maximum Gasteiger partial charge on any atom is 0.175 e. The molecule has 0 bridgehead atoms. The van der Waals surface area contributed by atoms with Crippen LogP contribution >= 0.6 is 0 Å². The van der Waals surface area contributed by atoms with Crippen LogP contribution in [0.2, 0.25) is 0 Å². The average Bonchev–Trinajstić information content (AvgIpc) is 2.34. The van der Waals surface area contributed by atoms with E-state index >= 15 is 0 Å². The van der Waals surface area contributed by atoms with Crippen LogP contribution in [-0.4, -0.2) is 65.7 Å². The van der Waals surface area contributed by atoms with E-state index in [1.54, 1.807) is 0 Å². The van der Waals surface area contributed by atoms with Crippen molar-refractivity contribution < 1.29 is 24.8 Å². The molecule has 9 heteroatoms. The molecule has 1 fully saturated rings. The van der Waals surface area contributed by atoms with E-state index in [1.807, 2.05) is 0 Å². The molecule has 0 aliphatic carbocycles. The van der Waals surface area contributed by atoms with Crippen molar-refractivity contribution in [3.63, 3.8) is 0 Å². The van der Waals surface area contributed by atoms with Gasteiger partial charge in [0.25, 0.3) is 0 Å². The Morgan fingerprint density at radius 2 is 2.12 bits per heavy atom. The van der Waals surface area contributed by atoms with E-state index in [0.29, 0.717) is 0 Å². The first-order valence-corrected chi connectivity index (χ1v) is 5.12. The summed E-state index contributed by atoms with van der Waals surface area (Å²) >= 11 is 0. The molecule has 9 nitrogen and oxygen atoms in total. The highest BCUT2D eigenvalue weighted by atomic mass is 16.7. The monoisotopic (exact) mass is 248 g/mol. The Morgan fingerprint density at radius 3 is 2.71 bits per heavy atom. The molecule has 0 unspecified atom stereocenters. The largest absolute Gasteiger partial charge is 0.394 e. The van der Waals surface area contributed by atoms with Crippen LogP contribution in [-0.2, 0) is 9.47 Å². The molecule has 0 radical (unpaired) electrons. The maximum absolute atomic E-state index is 9.59. The van der Waals surface area contributed by atoms with E-state index in [0.717, 1.165) is 0 Å². The van der Waals surface area contributed by atoms with Crippen LogP contribution in [0.4, 0.5) is 0 Å². The summed E-state index contributed by atoms with van der Waals surface area (Å²) in [5, 5.41) is 31.3. The second kappa shape index (κ2) is 6.72. The molecule has 5 atom stereocenters. The maximum atomic E-state index is 9.59. The number of hydrogen-bond acceptors (Lipinski definition) is 7. The van der Waals surface area contributed by atoms with Gasteiger partial charge in [0.2, 0.25) is 0 Å². The van der Waals surface area contributed by atoms with Gasteiger partial charge in [0.1, 0.15) is 18.3 Å². The SMILES string of the molecule is [N-]=[N+]=NCCO[C@@H]1O[C@H](CO)[C@H](O)[C@H](O)[C@H]1N. The highest BCUT2D eigenvalue weighted by molar-refractivity contribution is 4.91. The highest BCUT2D eigenvalue weighted by Gasteiger charge is 2.42. The third kappa shape index (κ3) is 3.51. The Morgan fingerprint density at radius 1 is 1.41 bits per heavy atom. The van der Waals surface area contributed by atoms with Crippen LogP contribution < -0.4 is 5.73 Å². The quantitative estimate of drug-likeness (QED) is 0.192. The Balaban J connectivity index is 2.50. The minimum absolute atomic E-state index is 0.0728. The smallest absolute Gasteiger partial charge is 0.175 e. The highest BCUT2D eigenvalue weighted by Crippen LogP contribution is 2.20. The van der Waals surface area contributed by atoms with Crippen LogP contribution in [0.3, 0.4) is 0 Å². The van der Waals surface area contributed by atoms with Gasteiger partial charge in [0.05, 0.1) is 19.3 Å². The van der Waals surface area contributed by atoms with E-state index in [-0.39, 0.29) is 13.2 Å². The van der Waals surface area contributed by atoms with Gasteiger partial charge in [-0.15, -0.1) is 0 Å². The van der Waals surface area contributed by atoms with Crippen molar-refractivity contribution in [2.75, 3.05) is 19.8 Å². The zero-order valence-corrected chi connectivity index (χ0v) is 9.09. The van der Waals surface area contributed by atoms with E-state index < -0.39 is 37.3 Å². The Labute approximate surface area is 97.4 Å². The van der Waals surface area contributed by atoms with Crippen molar-refractivity contribution in [3.05, 3.63) is 10.4 Å². The van der Waals surface area contributed by atoms with Gasteiger partial charge in [-0.05, 0) is 5.53 Å². The van der Waals surface area contributed by atoms with Crippen LogP contribution in [0.25, 0.3) is 10.4 Å². The van der Waals surface area contributed by atoms with Crippen LogP contribution in [0, 0.1) is 0 Å². The number of aliphatic hydroxyl groups excluding tert-OH is 3. The second-order valence-electron chi connectivity index (χ2n) is 3.61. The van der Waals surface area contributed by atoms with Crippen LogP contribution in [0.15, 0.2) is 5.11 Å². The van der Waals surface area contributed by atoms with Gasteiger partial charge in [0, 0.05) is 11.5 Å². The Kier molecular flexibility index (Phi) is 5.59. The fraction of sp³-hybridized carbons (Fsp3) is 1.00. The van der Waals surface area contributed by atoms with Gasteiger partial charge in [-0.1, -0.05) is 5.11 Å². The topological polar surface area (TPSA) is 154 Å². The number of rotatable bonds is 5. The first-order valence-electron chi connectivity index (χ1n) is 5.12. The van der Waals surface area contributed by atoms with Gasteiger partial charge < -0.3 is 30.5 Å². The zero-order chi connectivity index (χ0) is 12.8. The summed E-state index contributed by atoms with van der Waals surface area (Å²) < 4.78 is 10.3. The molecule has 0 aromatic rings. The summed E-state index contributed by atoms with van der Waals surface area (Å²) in [6.45, 7) is -0.282. The minimum Gasteiger partial charge on any atom is -0.394 e. The third-order valence-corrected chi connectivity index (χ3v) is 2.46. The number of hydrogen-bond donors (Lipinski definition) is 4. The molecule has 0 aromatic heterocycles. The van der Waals surface area contributed by atoms with Gasteiger partial charge >= 0.3 is 0 Å². The summed E-state index contributed by atoms with van der Waals surface area (Å²) in [4.78, 5) is 2.54. The lowest BCUT2D eigenvalue weighted by Crippen LogP contribution is -2.62. The lowest BCUT2D eigenvalue weighted by atomic mass is 9.98. The van der Waals surface area contributed by atoms with Crippen molar-refractivity contribution in [2.24, 2.45) is 10.8 Å². The molecule has 0 spiro atoms. The van der Waals surface area contributed by atoms with Crippen molar-refractivity contribution in [1.82, 2.24) is 0 Å². The number of aliphatic hydroxyl groups is 3. The number of ether oxygens (including phenoxy) is 2. The van der Waals surface area contributed by atoms with E-state index in [1.165, 1.54) is 0 Å². The normalized spacial score (nSPS) is 37.5. The zero-order valence-electron chi connectivity index (χ0n) is 9.09. The molecule has 0 saturated carbocycles. The van der Waals surface area contributed by atoms with Crippen molar-refractivity contribution in [2.45, 2.75) is 30.6 Å². The average molecular weight is 248 g/mol. The predicted octanol–water partition coefficient (Wildman–Crippen LogP) is -1.92. The predicted molar refractivity (Wildman–Crippen MR) is 55.7 cm³/mol. The summed E-state index contributed by atoms with van der Waals surface area (Å²) in [6, 6.07) is -0.932. The first-order chi connectivity index (χ1) is 8.11. The second-order valence-corrected chi connectivity index (χ2v) is 3.61. The fourth-order valence-corrected chi connectivity index (χ4v) is 1.51. The molecule has 0 amide bonds. The molecule has 17 heavy (non-hydrogen) atoms. The molecule has 1 aliphatic heterocycles. The van der Waals surface area contributed by atoms with Gasteiger partial charge in [0.15, 0.2) is 6.29 Å². The third-order valence-electron chi connectivity index (χ3n) is 2.46. The lowest BCUT2D eigenvalue weighted by Gasteiger charge is -2.40. The molecule has 0 aromatic carbocycles. The molecule has 1 aliphatic rings. The van der Waals surface area contributed by atoms with Crippen LogP contribution in [0.5, 0.6) is 0 Å². The standard InChI is InChI=1S/C8H16N4O5/c9-5-7(15)6(14)4(3-13)17-8(5)16-2-1-11-12-10/h4-8,13-15H,1-3,9H2/t4-,5-,6+,7-,8-/m1/s1. The van der Waals surface area contributed by atoms with Crippen molar-refractivity contribution in [3.8, 4) is 0 Å². The lowest BCUT2D eigenvalue weighted by molar-refractivity contribution is -0.264. The van der Waals surface area contributed by atoms with Gasteiger partial charge in [-0.25, -0.2) is 0 Å². The summed E-state index contributed by atoms with van der Waals surface area (Å²) in [5.41, 5.74) is 13.7. The minimum atomic E-state index is -1.26. The Bertz CT molecular complexity index is 283. The van der Waals surface area contributed by atoms with Gasteiger partial charge in [-0.2, -0.15) is 0 Å². The molecule has 5 N–H and O–H groups in total. The molecular formula is C8H16N4O5. The van der Waals surface area contributed by atoms with Gasteiger partial charge in [-0.3, -0.25) is 0 Å². The van der Waals surface area contributed by atoms with E-state index in [2.05, 4.69) is 10.0 Å². The summed E-state index contributed by atoms with van der Waals surface area (Å²) in [7, 11) is 0. The number of nitrogens with zero attached hydrogens (tertiary/aromatic N) is 3. The van der Waals surface area contributed by atoms with E-state index in [4.69, 9.17) is 25.8 Å². The fourth-order valence-electron chi connectivity index (χ4n) is 1.51. The molecule has 1 saturated heterocycles. The summed E-state index contributed by atoms with van der Waals surface area (Å²) in [6.07, 6.45) is -4.41. The number of nitrogens with two attached hydrogens (primary N) is 1. The number of azide groups is 1. The van der Waals surface area contributed by atoms with E-state index in [9.17, 15) is 10.2 Å². The van der Waals surface area contributed by atoms with Crippen LogP contribution in [0.1, 0.15) is 0 Å².